The van der Waals surface area contributed by atoms with Crippen LogP contribution in [0.5, 0.6) is 0 Å². The molecule has 0 radical (unpaired) electrons. The lowest BCUT2D eigenvalue weighted by atomic mass is 10.3. The Balaban J connectivity index is 2.32. The van der Waals surface area contributed by atoms with Crippen LogP contribution in [0.1, 0.15) is 13.3 Å². The first-order chi connectivity index (χ1) is 8.91. The molecule has 0 aromatic heterocycles. The Morgan fingerprint density at radius 3 is 2.89 bits per heavy atom. The van der Waals surface area contributed by atoms with Crippen molar-refractivity contribution in [2.75, 3.05) is 19.7 Å². The zero-order valence-electron chi connectivity index (χ0n) is 10.5. The predicted molar refractivity (Wildman–Crippen MR) is 72.9 cm³/mol. The third-order valence-corrected chi connectivity index (χ3v) is 5.45. The largest absolute Gasteiger partial charge is 0.377 e. The maximum atomic E-state index is 13.5. The van der Waals surface area contributed by atoms with Crippen molar-refractivity contribution in [3.8, 4) is 0 Å². The molecule has 1 aliphatic rings. The number of rotatable bonds is 2. The fourth-order valence-electron chi connectivity index (χ4n) is 1.96. The Morgan fingerprint density at radius 2 is 2.21 bits per heavy atom. The van der Waals surface area contributed by atoms with Crippen LogP contribution in [-0.4, -0.2) is 38.5 Å². The molecular formula is C12H15BrFNO3S. The topological polar surface area (TPSA) is 46.6 Å². The Hall–Kier alpha value is -0.500. The molecule has 1 heterocycles. The summed E-state index contributed by atoms with van der Waals surface area (Å²) in [6.45, 7) is 3.06. The van der Waals surface area contributed by atoms with E-state index in [2.05, 4.69) is 15.9 Å². The van der Waals surface area contributed by atoms with Crippen LogP contribution in [0.4, 0.5) is 4.39 Å². The number of hydrogen-bond acceptors (Lipinski definition) is 3. The summed E-state index contributed by atoms with van der Waals surface area (Å²) in [5.41, 5.74) is 0. The summed E-state index contributed by atoms with van der Waals surface area (Å²) in [4.78, 5) is -0.0256. The van der Waals surface area contributed by atoms with E-state index in [1.165, 1.54) is 16.4 Å². The van der Waals surface area contributed by atoms with E-state index in [9.17, 15) is 12.8 Å². The molecule has 0 N–H and O–H groups in total. The van der Waals surface area contributed by atoms with Crippen LogP contribution in [0.25, 0.3) is 0 Å². The molecule has 0 aliphatic carbocycles. The second-order valence-corrected chi connectivity index (χ2v) is 7.27. The van der Waals surface area contributed by atoms with Gasteiger partial charge in [0.05, 0.1) is 15.5 Å². The maximum absolute atomic E-state index is 13.5. The van der Waals surface area contributed by atoms with Crippen LogP contribution < -0.4 is 0 Å². The van der Waals surface area contributed by atoms with Crippen molar-refractivity contribution in [3.05, 3.63) is 28.5 Å². The van der Waals surface area contributed by atoms with Gasteiger partial charge in [-0.2, -0.15) is 4.31 Å². The summed E-state index contributed by atoms with van der Waals surface area (Å²) >= 11 is 3.01. The molecule has 106 valence electrons. The molecule has 19 heavy (non-hydrogen) atoms. The van der Waals surface area contributed by atoms with E-state index in [4.69, 9.17) is 4.74 Å². The van der Waals surface area contributed by atoms with E-state index in [0.29, 0.717) is 26.1 Å². The summed E-state index contributed by atoms with van der Waals surface area (Å²) < 4.78 is 45.4. The Bertz CT molecular complexity index is 564. The molecule has 4 nitrogen and oxygen atoms in total. The molecule has 1 unspecified atom stereocenters. The third kappa shape index (κ3) is 3.34. The van der Waals surface area contributed by atoms with Crippen molar-refractivity contribution in [1.82, 2.24) is 4.31 Å². The average Bonchev–Trinajstić information content (AvgIpc) is 2.57. The summed E-state index contributed by atoms with van der Waals surface area (Å²) in [6, 6.07) is 3.84. The van der Waals surface area contributed by atoms with Gasteiger partial charge in [0.15, 0.2) is 0 Å². The number of halogens is 2. The fourth-order valence-corrected chi connectivity index (χ4v) is 3.77. The van der Waals surface area contributed by atoms with Crippen LogP contribution >= 0.6 is 15.9 Å². The molecule has 0 saturated carbocycles. The van der Waals surface area contributed by atoms with Crippen molar-refractivity contribution < 1.29 is 17.5 Å². The molecular weight excluding hydrogens is 337 g/mol. The summed E-state index contributed by atoms with van der Waals surface area (Å²) in [7, 11) is -3.67. The van der Waals surface area contributed by atoms with Gasteiger partial charge in [0.2, 0.25) is 10.0 Å². The van der Waals surface area contributed by atoms with Crippen LogP contribution in [0, 0.1) is 5.82 Å². The maximum Gasteiger partial charge on any atom is 0.243 e. The molecule has 2 rings (SSSR count). The highest BCUT2D eigenvalue weighted by atomic mass is 79.9. The smallest absolute Gasteiger partial charge is 0.243 e. The van der Waals surface area contributed by atoms with Gasteiger partial charge in [0.1, 0.15) is 5.82 Å². The minimum Gasteiger partial charge on any atom is -0.377 e. The van der Waals surface area contributed by atoms with Crippen molar-refractivity contribution in [2.45, 2.75) is 24.3 Å². The van der Waals surface area contributed by atoms with E-state index < -0.39 is 15.8 Å². The average molecular weight is 352 g/mol. The molecule has 0 amide bonds. The summed E-state index contributed by atoms with van der Waals surface area (Å²) in [5, 5.41) is 0. The SMILES string of the molecule is CC1CN(S(=O)(=O)c2ccc(Br)c(F)c2)CCCO1. The monoisotopic (exact) mass is 351 g/mol. The van der Waals surface area contributed by atoms with E-state index in [0.717, 1.165) is 6.07 Å². The highest BCUT2D eigenvalue weighted by Gasteiger charge is 2.28. The molecule has 1 fully saturated rings. The Labute approximate surface area is 120 Å². The lowest BCUT2D eigenvalue weighted by Crippen LogP contribution is -2.35. The van der Waals surface area contributed by atoms with E-state index in [-0.39, 0.29) is 15.5 Å². The molecule has 1 aromatic rings. The van der Waals surface area contributed by atoms with Gasteiger partial charge in [-0.05, 0) is 47.5 Å². The molecule has 1 saturated heterocycles. The minimum atomic E-state index is -3.67. The normalized spacial score (nSPS) is 22.2. The van der Waals surface area contributed by atoms with Gasteiger partial charge in [-0.3, -0.25) is 0 Å². The zero-order valence-corrected chi connectivity index (χ0v) is 12.9. The second kappa shape index (κ2) is 5.87. The van der Waals surface area contributed by atoms with Gasteiger partial charge in [-0.25, -0.2) is 12.8 Å². The predicted octanol–water partition coefficient (Wildman–Crippen LogP) is 2.39. The number of hydrogen-bond donors (Lipinski definition) is 0. The van der Waals surface area contributed by atoms with Crippen LogP contribution in [-0.2, 0) is 14.8 Å². The summed E-state index contributed by atoms with van der Waals surface area (Å²) in [6.07, 6.45) is 0.486. The van der Waals surface area contributed by atoms with Crippen LogP contribution in [0.2, 0.25) is 0 Å². The summed E-state index contributed by atoms with van der Waals surface area (Å²) in [5.74, 6) is -0.583. The van der Waals surface area contributed by atoms with Crippen molar-refractivity contribution in [2.24, 2.45) is 0 Å². The molecule has 7 heteroatoms. The number of sulfonamides is 1. The molecule has 1 aliphatic heterocycles. The van der Waals surface area contributed by atoms with Gasteiger partial charge >= 0.3 is 0 Å². The quantitative estimate of drug-likeness (QED) is 0.821. The Kier molecular flexibility index (Phi) is 4.60. The molecule has 0 spiro atoms. The lowest BCUT2D eigenvalue weighted by Gasteiger charge is -2.21. The fraction of sp³-hybridized carbons (Fsp3) is 0.500. The minimum absolute atomic E-state index is 0.0256. The highest BCUT2D eigenvalue weighted by molar-refractivity contribution is 9.10. The van der Waals surface area contributed by atoms with Gasteiger partial charge in [0.25, 0.3) is 0 Å². The van der Waals surface area contributed by atoms with Gasteiger partial charge < -0.3 is 4.74 Å². The molecule has 1 aromatic carbocycles. The van der Waals surface area contributed by atoms with Gasteiger partial charge in [-0.1, -0.05) is 0 Å². The Morgan fingerprint density at radius 1 is 1.47 bits per heavy atom. The zero-order chi connectivity index (χ0) is 14.0. The number of ether oxygens (including phenoxy) is 1. The van der Waals surface area contributed by atoms with Crippen molar-refractivity contribution >= 4 is 26.0 Å². The first-order valence-corrected chi connectivity index (χ1v) is 8.21. The van der Waals surface area contributed by atoms with Crippen LogP contribution in [0.15, 0.2) is 27.6 Å². The highest BCUT2D eigenvalue weighted by Crippen LogP contribution is 2.23. The van der Waals surface area contributed by atoms with Gasteiger partial charge in [0, 0.05) is 19.7 Å². The lowest BCUT2D eigenvalue weighted by molar-refractivity contribution is 0.0752. The van der Waals surface area contributed by atoms with E-state index >= 15 is 0 Å². The van der Waals surface area contributed by atoms with Crippen molar-refractivity contribution in [1.29, 1.82) is 0 Å². The number of nitrogens with zero attached hydrogens (tertiary/aromatic N) is 1. The molecule has 0 bridgehead atoms. The standard InChI is InChI=1S/C12H15BrFNO3S/c1-9-8-15(5-2-6-18-9)19(16,17)10-3-4-11(13)12(14)7-10/h3-4,7,9H,2,5-6,8H2,1H3. The van der Waals surface area contributed by atoms with Crippen molar-refractivity contribution in [3.63, 3.8) is 0 Å². The van der Waals surface area contributed by atoms with E-state index in [1.54, 1.807) is 0 Å². The number of benzene rings is 1. The third-order valence-electron chi connectivity index (χ3n) is 2.94. The van der Waals surface area contributed by atoms with E-state index in [1.807, 2.05) is 6.92 Å². The first-order valence-electron chi connectivity index (χ1n) is 5.98. The second-order valence-electron chi connectivity index (χ2n) is 4.47. The van der Waals surface area contributed by atoms with Gasteiger partial charge in [-0.15, -0.1) is 0 Å². The van der Waals surface area contributed by atoms with Crippen LogP contribution in [0.3, 0.4) is 0 Å². The first kappa shape index (κ1) is 14.9. The molecule has 1 atom stereocenters.